The number of esters is 2. The van der Waals surface area contributed by atoms with Gasteiger partial charge in [0.2, 0.25) is 0 Å². The summed E-state index contributed by atoms with van der Waals surface area (Å²) < 4.78 is 48.7. The Morgan fingerprint density at radius 2 is 1.47 bits per heavy atom. The number of methoxy groups -OCH3 is 2. The molecule has 0 aromatic heterocycles. The first-order valence-electron chi connectivity index (χ1n) is 19.6. The number of hydrogen-bond acceptors (Lipinski definition) is 15. The predicted molar refractivity (Wildman–Crippen MR) is 197 cm³/mol. The van der Waals surface area contributed by atoms with Crippen molar-refractivity contribution in [2.45, 2.75) is 181 Å². The van der Waals surface area contributed by atoms with Crippen LogP contribution in [0.4, 0.5) is 0 Å². The van der Waals surface area contributed by atoms with Crippen molar-refractivity contribution in [1.82, 2.24) is 0 Å². The van der Waals surface area contributed by atoms with Crippen molar-refractivity contribution in [2.75, 3.05) is 14.2 Å². The van der Waals surface area contributed by atoms with Crippen molar-refractivity contribution in [3.8, 4) is 0 Å². The van der Waals surface area contributed by atoms with Crippen LogP contribution >= 0.6 is 0 Å². The maximum absolute atomic E-state index is 14.4. The van der Waals surface area contributed by atoms with E-state index >= 15 is 0 Å². The molecule has 0 aromatic carbocycles. The van der Waals surface area contributed by atoms with Crippen LogP contribution in [0.1, 0.15) is 102 Å². The van der Waals surface area contributed by atoms with Crippen LogP contribution < -0.4 is 0 Å². The molecule has 318 valence electrons. The summed E-state index contributed by atoms with van der Waals surface area (Å²) in [7, 11) is 2.96. The molecule has 3 saturated heterocycles. The number of Topliss-reactive ketones (excluding diaryl/α,β-unsaturated/α-hetero) is 2. The van der Waals surface area contributed by atoms with Gasteiger partial charge in [-0.05, 0) is 53.9 Å². The first-order chi connectivity index (χ1) is 25.4. The molecule has 0 spiro atoms. The van der Waals surface area contributed by atoms with Crippen LogP contribution in [-0.4, -0.2) is 132 Å². The lowest BCUT2D eigenvalue weighted by Crippen LogP contribution is -2.58. The molecule has 15 nitrogen and oxygen atoms in total. The minimum Gasteiger partial charge on any atom is -0.461 e. The lowest BCUT2D eigenvalue weighted by molar-refractivity contribution is -0.312. The Kier molecular flexibility index (Phi) is 16.4. The van der Waals surface area contributed by atoms with Gasteiger partial charge in [-0.2, -0.15) is 0 Å². The average molecular weight is 789 g/mol. The van der Waals surface area contributed by atoms with Gasteiger partial charge in [-0.15, -0.1) is 0 Å². The second kappa shape index (κ2) is 19.1. The van der Waals surface area contributed by atoms with Gasteiger partial charge in [-0.1, -0.05) is 34.6 Å². The molecule has 8 unspecified atom stereocenters. The monoisotopic (exact) mass is 788 g/mol. The number of ketones is 2. The number of carbonyl (C=O) groups is 4. The van der Waals surface area contributed by atoms with E-state index in [1.807, 2.05) is 6.92 Å². The molecule has 3 N–H and O–H groups in total. The quantitative estimate of drug-likeness (QED) is 0.288. The van der Waals surface area contributed by atoms with E-state index in [-0.39, 0.29) is 24.7 Å². The van der Waals surface area contributed by atoms with Gasteiger partial charge in [0.1, 0.15) is 35.8 Å². The Morgan fingerprint density at radius 3 is 2.02 bits per heavy atom. The Morgan fingerprint density at radius 1 is 0.855 bits per heavy atom. The topological polar surface area (TPSA) is 203 Å². The third-order valence-corrected chi connectivity index (χ3v) is 12.3. The van der Waals surface area contributed by atoms with Crippen LogP contribution in [0.5, 0.6) is 0 Å². The highest BCUT2D eigenvalue weighted by molar-refractivity contribution is 5.89. The third-order valence-electron chi connectivity index (χ3n) is 12.3. The number of aliphatic hydroxyl groups is 3. The van der Waals surface area contributed by atoms with E-state index in [4.69, 9.17) is 37.9 Å². The number of aliphatic hydroxyl groups excluding tert-OH is 2. The molecule has 3 fully saturated rings. The molecule has 0 bridgehead atoms. The van der Waals surface area contributed by atoms with Crippen LogP contribution in [0, 0.1) is 35.5 Å². The van der Waals surface area contributed by atoms with E-state index in [2.05, 4.69) is 0 Å². The van der Waals surface area contributed by atoms with Crippen LogP contribution in [0.15, 0.2) is 0 Å². The molecule has 3 aliphatic heterocycles. The molecule has 55 heavy (non-hydrogen) atoms. The molecule has 0 aliphatic carbocycles. The zero-order valence-electron chi connectivity index (χ0n) is 35.2. The van der Waals surface area contributed by atoms with E-state index in [9.17, 15) is 34.5 Å². The minimum absolute atomic E-state index is 0.0880. The van der Waals surface area contributed by atoms with Gasteiger partial charge in [0.25, 0.3) is 0 Å². The summed E-state index contributed by atoms with van der Waals surface area (Å²) in [4.78, 5) is 54.0. The normalized spacial score (nSPS) is 45.9. The van der Waals surface area contributed by atoms with Crippen molar-refractivity contribution >= 4 is 23.5 Å². The lowest BCUT2D eigenvalue weighted by Gasteiger charge is -2.47. The Labute approximate surface area is 326 Å². The maximum atomic E-state index is 14.4. The van der Waals surface area contributed by atoms with Gasteiger partial charge in [0.15, 0.2) is 18.4 Å². The van der Waals surface area contributed by atoms with Gasteiger partial charge in [-0.25, -0.2) is 0 Å². The van der Waals surface area contributed by atoms with E-state index < -0.39 is 126 Å². The van der Waals surface area contributed by atoms with Crippen molar-refractivity contribution in [2.24, 2.45) is 35.5 Å². The maximum Gasteiger partial charge on any atom is 0.311 e. The first-order valence-corrected chi connectivity index (χ1v) is 19.6. The Bertz CT molecular complexity index is 1320. The lowest BCUT2D eigenvalue weighted by atomic mass is 9.74. The molecular weight excluding hydrogens is 720 g/mol. The second-order valence-corrected chi connectivity index (χ2v) is 16.9. The molecule has 3 aliphatic rings. The standard InChI is InChI=1S/C40H68O15/c1-18-16-39(11,47)35(44)23(6)33(52-27(10)42)22(5)32(20(3)25(8)41)54-37(46)24(7)34(53-29-17-40(12,49-14)36(45)26(9)51-29)21(4)31(18)55-38-30(43)28(48-13)15-19(2)50-38/h18-24,26,28-34,36,38,43,45,47H,15-17H2,1-14H3/t18-,19?,20-,21+,22-,23+,24+,26?,28?,29?,30?,31-,32+,33-,34-,36?,38?,39-,40?/m0/s1. The summed E-state index contributed by atoms with van der Waals surface area (Å²) in [5.41, 5.74) is -3.06. The number of ether oxygens (including phenoxy) is 8. The van der Waals surface area contributed by atoms with Crippen LogP contribution in [0.25, 0.3) is 0 Å². The molecule has 3 rings (SSSR count). The Balaban J connectivity index is 2.24. The first kappa shape index (κ1) is 47.3. The smallest absolute Gasteiger partial charge is 0.311 e. The molecule has 0 amide bonds. The van der Waals surface area contributed by atoms with E-state index in [0.29, 0.717) is 6.42 Å². The zero-order chi connectivity index (χ0) is 41.9. The minimum atomic E-state index is -1.99. The number of carbonyl (C=O) groups excluding carboxylic acids is 4. The highest BCUT2D eigenvalue weighted by Gasteiger charge is 2.52. The summed E-state index contributed by atoms with van der Waals surface area (Å²) in [6.07, 6.45) is -10.1. The molecule has 0 radical (unpaired) electrons. The fourth-order valence-electron chi connectivity index (χ4n) is 8.74. The van der Waals surface area contributed by atoms with Crippen LogP contribution in [-0.2, 0) is 57.1 Å². The molecule has 0 aromatic rings. The van der Waals surface area contributed by atoms with Gasteiger partial charge in [0.05, 0.1) is 53.9 Å². The molecule has 3 heterocycles. The molecule has 0 saturated carbocycles. The number of rotatable bonds is 9. The third kappa shape index (κ3) is 10.9. The summed E-state index contributed by atoms with van der Waals surface area (Å²) in [6.45, 7) is 19.1. The van der Waals surface area contributed by atoms with Crippen molar-refractivity contribution in [3.63, 3.8) is 0 Å². The average Bonchev–Trinajstić information content (AvgIpc) is 3.11. The van der Waals surface area contributed by atoms with Crippen LogP contribution in [0.2, 0.25) is 0 Å². The molecular formula is C40H68O15. The van der Waals surface area contributed by atoms with E-state index in [1.165, 1.54) is 41.9 Å². The highest BCUT2D eigenvalue weighted by Crippen LogP contribution is 2.40. The fraction of sp³-hybridized carbons (Fsp3) is 0.900. The van der Waals surface area contributed by atoms with Crippen molar-refractivity contribution in [1.29, 1.82) is 0 Å². The van der Waals surface area contributed by atoms with E-state index in [1.54, 1.807) is 48.5 Å². The Hall–Kier alpha value is -2.08. The van der Waals surface area contributed by atoms with Crippen molar-refractivity contribution < 1.29 is 72.4 Å². The fourth-order valence-corrected chi connectivity index (χ4v) is 8.74. The van der Waals surface area contributed by atoms with Crippen molar-refractivity contribution in [3.05, 3.63) is 0 Å². The number of hydrogen-bond donors (Lipinski definition) is 3. The second-order valence-electron chi connectivity index (χ2n) is 16.9. The summed E-state index contributed by atoms with van der Waals surface area (Å²) in [5, 5.41) is 34.2. The summed E-state index contributed by atoms with van der Waals surface area (Å²) in [6, 6.07) is 0. The molecule has 19 atom stereocenters. The highest BCUT2D eigenvalue weighted by atomic mass is 16.7. The van der Waals surface area contributed by atoms with Crippen LogP contribution in [0.3, 0.4) is 0 Å². The predicted octanol–water partition coefficient (Wildman–Crippen LogP) is 3.14. The van der Waals surface area contributed by atoms with Gasteiger partial charge in [0, 0.05) is 45.8 Å². The summed E-state index contributed by atoms with van der Waals surface area (Å²) in [5.74, 6) is -7.64. The number of cyclic esters (lactones) is 1. The van der Waals surface area contributed by atoms with E-state index in [0.717, 1.165) is 0 Å². The molecule has 15 heteroatoms. The SMILES string of the molecule is COC1CC(C)OC(O[C@@H]2[C@@H](C)[C@H](OC3CC(C)(OC)C(O)C(C)O3)[C@@H](C)C(=O)O[C@H]([C@@H](C)C(C)=O)[C@H](C)[C@H](OC(C)=O)[C@@H](C)C(=O)[C@@](C)(O)C[C@@H]2C)C1O. The van der Waals surface area contributed by atoms with Gasteiger partial charge >= 0.3 is 11.9 Å². The zero-order valence-corrected chi connectivity index (χ0v) is 35.2. The van der Waals surface area contributed by atoms with Gasteiger partial charge < -0.3 is 53.2 Å². The summed E-state index contributed by atoms with van der Waals surface area (Å²) >= 11 is 0. The largest absolute Gasteiger partial charge is 0.461 e. The van der Waals surface area contributed by atoms with Gasteiger partial charge in [-0.3, -0.25) is 19.2 Å².